The highest BCUT2D eigenvalue weighted by molar-refractivity contribution is 8.45. The first-order valence-electron chi connectivity index (χ1n) is 3.39. The van der Waals surface area contributed by atoms with Gasteiger partial charge in [0.2, 0.25) is 0 Å². The number of rotatable bonds is 5. The summed E-state index contributed by atoms with van der Waals surface area (Å²) in [6.45, 7) is 5.15. The molecule has 0 aromatic carbocycles. The molecule has 0 fully saturated rings. The molecule has 0 aliphatic rings. The van der Waals surface area contributed by atoms with Crippen LogP contribution < -0.4 is 5.09 Å². The van der Waals surface area contributed by atoms with E-state index in [1.54, 1.807) is 7.11 Å². The van der Waals surface area contributed by atoms with E-state index in [1.165, 1.54) is 5.57 Å². The largest absolute Gasteiger partial charge is 0.359 e. The summed E-state index contributed by atoms with van der Waals surface area (Å²) in [4.78, 5) is 0. The molecule has 0 aromatic rings. The predicted octanol–water partition coefficient (Wildman–Crippen LogP) is 2.88. The molecule has 3 atom stereocenters. The molecule has 0 rings (SSSR count). The third-order valence-electron chi connectivity index (χ3n) is 1.21. The molecule has 3 unspecified atom stereocenters. The summed E-state index contributed by atoms with van der Waals surface area (Å²) < 4.78 is 5.02. The molecular weight excluding hydrogens is 195 g/mol. The van der Waals surface area contributed by atoms with Gasteiger partial charge in [0.1, 0.15) is 0 Å². The molecule has 0 aliphatic heterocycles. The summed E-state index contributed by atoms with van der Waals surface area (Å²) in [5.74, 6) is 0. The molecule has 0 saturated carbocycles. The van der Waals surface area contributed by atoms with E-state index >= 15 is 0 Å². The first-order chi connectivity index (χ1) is 5.20. The van der Waals surface area contributed by atoms with Crippen molar-refractivity contribution in [1.29, 1.82) is 0 Å². The fourth-order valence-electron chi connectivity index (χ4n) is 0.443. The highest BCUT2D eigenvalue weighted by atomic mass is 32.4. The highest BCUT2D eigenvalue weighted by Crippen LogP contribution is 2.58. The van der Waals surface area contributed by atoms with Gasteiger partial charge in [-0.25, -0.2) is 0 Å². The van der Waals surface area contributed by atoms with Crippen LogP contribution in [0.4, 0.5) is 0 Å². The smallest absolute Gasteiger partial charge is 0.0579 e. The van der Waals surface area contributed by atoms with Crippen LogP contribution in [0.3, 0.4) is 0 Å². The maximum atomic E-state index is 5.02. The molecule has 5 heteroatoms. The fourth-order valence-corrected chi connectivity index (χ4v) is 3.37. The predicted molar refractivity (Wildman–Crippen MR) is 59.4 cm³/mol. The summed E-state index contributed by atoms with van der Waals surface area (Å²) in [5, 5.41) is 3.38. The van der Waals surface area contributed by atoms with E-state index < -0.39 is 0 Å². The van der Waals surface area contributed by atoms with Crippen LogP contribution in [0.15, 0.2) is 11.6 Å². The monoisotopic (exact) mass is 211 g/mol. The van der Waals surface area contributed by atoms with Gasteiger partial charge < -0.3 is 4.52 Å². The second kappa shape index (κ2) is 7.59. The molecule has 1 N–H and O–H groups in total. The van der Waals surface area contributed by atoms with Gasteiger partial charge in [0.05, 0.1) is 8.50 Å². The average molecular weight is 211 g/mol. The lowest BCUT2D eigenvalue weighted by Gasteiger charge is -2.11. The van der Waals surface area contributed by atoms with Crippen LogP contribution in [0, 0.1) is 0 Å². The second-order valence-electron chi connectivity index (χ2n) is 2.14. The average Bonchev–Trinajstić information content (AvgIpc) is 2.01. The van der Waals surface area contributed by atoms with Crippen LogP contribution in [0.25, 0.3) is 0 Å². The van der Waals surface area contributed by atoms with Crippen LogP contribution >= 0.6 is 24.9 Å². The number of allylic oxidation sites excluding steroid dienone is 1. The maximum absolute atomic E-state index is 5.02. The molecule has 0 spiro atoms. The van der Waals surface area contributed by atoms with Crippen molar-refractivity contribution in [3.05, 3.63) is 11.6 Å². The Morgan fingerprint density at radius 1 is 1.82 bits per heavy atom. The van der Waals surface area contributed by atoms with Crippen molar-refractivity contribution in [2.75, 3.05) is 13.7 Å². The van der Waals surface area contributed by atoms with Crippen molar-refractivity contribution >= 4 is 24.9 Å². The Morgan fingerprint density at radius 3 is 2.91 bits per heavy atom. The Labute approximate surface area is 74.2 Å². The molecule has 0 radical (unpaired) electrons. The summed E-state index contributed by atoms with van der Waals surface area (Å²) in [6.07, 6.45) is 2.12. The molecular formula is C6H16NOP3. The summed E-state index contributed by atoms with van der Waals surface area (Å²) in [6, 6.07) is 0. The molecule has 0 aromatic heterocycles. The highest BCUT2D eigenvalue weighted by Gasteiger charge is 1.98. The van der Waals surface area contributed by atoms with Crippen molar-refractivity contribution in [3.8, 4) is 0 Å². The van der Waals surface area contributed by atoms with Crippen molar-refractivity contribution in [3.63, 3.8) is 0 Å². The van der Waals surface area contributed by atoms with Gasteiger partial charge in [-0.1, -0.05) is 20.6 Å². The topological polar surface area (TPSA) is 21.3 Å². The number of hydrogen-bond acceptors (Lipinski definition) is 2. The molecule has 0 heterocycles. The van der Waals surface area contributed by atoms with E-state index in [2.05, 4.69) is 33.9 Å². The zero-order valence-corrected chi connectivity index (χ0v) is 10.3. The molecule has 0 saturated heterocycles. The Kier molecular flexibility index (Phi) is 8.25. The summed E-state index contributed by atoms with van der Waals surface area (Å²) >= 11 is 0. The van der Waals surface area contributed by atoms with Crippen LogP contribution in [-0.4, -0.2) is 13.7 Å². The zero-order chi connectivity index (χ0) is 8.69. The standard InChI is InChI=1S/C6H16NOP3/c1-4-6(2)5-7-11(9)10-8-3/h4,7,10H,5,9H2,1-3H3/b6-4-. The van der Waals surface area contributed by atoms with Gasteiger partial charge in [0.25, 0.3) is 0 Å². The minimum atomic E-state index is -0.187. The van der Waals surface area contributed by atoms with Crippen molar-refractivity contribution in [2.45, 2.75) is 13.8 Å². The van der Waals surface area contributed by atoms with E-state index in [0.717, 1.165) is 6.54 Å². The molecule has 0 amide bonds. The third-order valence-corrected chi connectivity index (χ3v) is 5.20. The van der Waals surface area contributed by atoms with Gasteiger partial charge in [-0.15, -0.1) is 0 Å². The lowest BCUT2D eigenvalue weighted by Crippen LogP contribution is -2.05. The van der Waals surface area contributed by atoms with E-state index in [4.69, 9.17) is 4.52 Å². The Morgan fingerprint density at radius 2 is 2.45 bits per heavy atom. The van der Waals surface area contributed by atoms with E-state index in [-0.39, 0.29) is 7.45 Å². The SMILES string of the molecule is C/C=C(/C)CNP(P)POC. The van der Waals surface area contributed by atoms with Crippen LogP contribution in [0.2, 0.25) is 0 Å². The second-order valence-corrected chi connectivity index (χ2v) is 8.87. The van der Waals surface area contributed by atoms with Gasteiger partial charge in [-0.2, -0.15) is 0 Å². The minimum absolute atomic E-state index is 0.187. The zero-order valence-electron chi connectivity index (χ0n) is 7.22. The fraction of sp³-hybridized carbons (Fsp3) is 0.667. The van der Waals surface area contributed by atoms with Crippen molar-refractivity contribution in [1.82, 2.24) is 5.09 Å². The lowest BCUT2D eigenvalue weighted by atomic mass is 10.3. The minimum Gasteiger partial charge on any atom is -0.359 e. The van der Waals surface area contributed by atoms with Crippen LogP contribution in [0.5, 0.6) is 0 Å². The molecule has 0 bridgehead atoms. The van der Waals surface area contributed by atoms with Crippen molar-refractivity contribution in [2.24, 2.45) is 0 Å². The van der Waals surface area contributed by atoms with Crippen LogP contribution in [0.1, 0.15) is 13.8 Å². The molecule has 0 aliphatic carbocycles. The van der Waals surface area contributed by atoms with E-state index in [9.17, 15) is 0 Å². The van der Waals surface area contributed by atoms with Crippen LogP contribution in [-0.2, 0) is 4.52 Å². The molecule has 66 valence electrons. The van der Waals surface area contributed by atoms with Gasteiger partial charge in [0, 0.05) is 21.1 Å². The maximum Gasteiger partial charge on any atom is 0.0579 e. The Balaban J connectivity index is 3.37. The van der Waals surface area contributed by atoms with Gasteiger partial charge in [-0.3, -0.25) is 5.09 Å². The first-order valence-corrected chi connectivity index (χ1v) is 8.10. The number of nitrogens with one attached hydrogen (secondary N) is 1. The normalized spacial score (nSPS) is 16.2. The van der Waals surface area contributed by atoms with E-state index in [1.807, 2.05) is 0 Å². The Hall–Kier alpha value is 0.950. The van der Waals surface area contributed by atoms with Gasteiger partial charge in [0.15, 0.2) is 0 Å². The lowest BCUT2D eigenvalue weighted by molar-refractivity contribution is 0.484. The molecule has 2 nitrogen and oxygen atoms in total. The van der Waals surface area contributed by atoms with Gasteiger partial charge in [-0.05, 0) is 13.8 Å². The molecule has 11 heavy (non-hydrogen) atoms. The first kappa shape index (κ1) is 11.9. The quantitative estimate of drug-likeness (QED) is 0.557. The number of hydrogen-bond donors (Lipinski definition) is 1. The Bertz CT molecular complexity index is 129. The summed E-state index contributed by atoms with van der Waals surface area (Å²) in [5.41, 5.74) is 1.38. The van der Waals surface area contributed by atoms with Crippen molar-refractivity contribution < 1.29 is 4.52 Å². The third kappa shape index (κ3) is 7.32. The van der Waals surface area contributed by atoms with E-state index in [0.29, 0.717) is 8.50 Å². The van der Waals surface area contributed by atoms with Gasteiger partial charge >= 0.3 is 0 Å². The summed E-state index contributed by atoms with van der Waals surface area (Å²) in [7, 11) is 4.91.